The van der Waals surface area contributed by atoms with Crippen molar-refractivity contribution in [3.63, 3.8) is 0 Å². The lowest BCUT2D eigenvalue weighted by Gasteiger charge is -2.10. The van der Waals surface area contributed by atoms with Crippen LogP contribution in [0.2, 0.25) is 0 Å². The summed E-state index contributed by atoms with van der Waals surface area (Å²) in [4.78, 5) is 36.7. The van der Waals surface area contributed by atoms with Crippen LogP contribution >= 0.6 is 11.8 Å². The molecule has 0 radical (unpaired) electrons. The molecule has 1 heterocycles. The second kappa shape index (κ2) is 5.67. The molecule has 1 unspecified atom stereocenters. The SMILES string of the molecule is COC(=O)CC(C)Sc1nc(=O)c(=O)[nH]n1C. The molecule has 17 heavy (non-hydrogen) atoms. The Bertz CT molecular complexity index is 522. The third kappa shape index (κ3) is 3.74. The first-order valence-corrected chi connectivity index (χ1v) is 5.73. The Balaban J connectivity index is 2.82. The summed E-state index contributed by atoms with van der Waals surface area (Å²) in [6, 6.07) is 0. The molecule has 1 rings (SSSR count). The summed E-state index contributed by atoms with van der Waals surface area (Å²) in [7, 11) is 2.88. The van der Waals surface area contributed by atoms with E-state index in [9.17, 15) is 14.4 Å². The third-order valence-electron chi connectivity index (χ3n) is 1.94. The number of nitrogens with zero attached hydrogens (tertiary/aromatic N) is 2. The Kier molecular flexibility index (Phi) is 4.50. The van der Waals surface area contributed by atoms with E-state index in [1.165, 1.54) is 23.6 Å². The van der Waals surface area contributed by atoms with Crippen molar-refractivity contribution in [1.29, 1.82) is 0 Å². The normalized spacial score (nSPS) is 12.2. The van der Waals surface area contributed by atoms with Gasteiger partial charge in [0.15, 0.2) is 5.16 Å². The molecule has 0 bridgehead atoms. The Labute approximate surface area is 101 Å². The molecule has 1 aromatic heterocycles. The van der Waals surface area contributed by atoms with E-state index >= 15 is 0 Å². The molecule has 8 heteroatoms. The van der Waals surface area contributed by atoms with Crippen LogP contribution in [0.4, 0.5) is 0 Å². The van der Waals surface area contributed by atoms with Gasteiger partial charge in [0.2, 0.25) is 0 Å². The molecule has 0 aliphatic carbocycles. The fourth-order valence-electron chi connectivity index (χ4n) is 1.11. The molecule has 1 aromatic rings. The Morgan fingerprint density at radius 1 is 1.59 bits per heavy atom. The van der Waals surface area contributed by atoms with Crippen LogP contribution in [-0.2, 0) is 16.6 Å². The Morgan fingerprint density at radius 3 is 2.82 bits per heavy atom. The zero-order valence-electron chi connectivity index (χ0n) is 9.72. The van der Waals surface area contributed by atoms with E-state index in [2.05, 4.69) is 14.8 Å². The predicted molar refractivity (Wildman–Crippen MR) is 62.1 cm³/mol. The molecule has 7 nitrogen and oxygen atoms in total. The van der Waals surface area contributed by atoms with Crippen LogP contribution in [0.5, 0.6) is 0 Å². The number of thioether (sulfide) groups is 1. The van der Waals surface area contributed by atoms with Gasteiger partial charge in [0, 0.05) is 12.3 Å². The molecule has 0 aromatic carbocycles. The monoisotopic (exact) mass is 259 g/mol. The number of hydrogen-bond donors (Lipinski definition) is 1. The van der Waals surface area contributed by atoms with Gasteiger partial charge >= 0.3 is 17.1 Å². The van der Waals surface area contributed by atoms with Gasteiger partial charge in [0.25, 0.3) is 0 Å². The van der Waals surface area contributed by atoms with Crippen molar-refractivity contribution in [2.24, 2.45) is 7.05 Å². The predicted octanol–water partition coefficient (Wildman–Crippen LogP) is -0.488. The van der Waals surface area contributed by atoms with E-state index < -0.39 is 11.1 Å². The molecular weight excluding hydrogens is 246 g/mol. The quantitative estimate of drug-likeness (QED) is 0.445. The number of aromatic nitrogens is 3. The van der Waals surface area contributed by atoms with E-state index in [0.29, 0.717) is 5.16 Å². The molecule has 0 spiro atoms. The lowest BCUT2D eigenvalue weighted by Crippen LogP contribution is -2.34. The number of aromatic amines is 1. The molecule has 0 aliphatic heterocycles. The zero-order valence-corrected chi connectivity index (χ0v) is 10.5. The van der Waals surface area contributed by atoms with Gasteiger partial charge in [-0.2, -0.15) is 4.98 Å². The summed E-state index contributed by atoms with van der Waals surface area (Å²) in [6.45, 7) is 1.80. The van der Waals surface area contributed by atoms with Gasteiger partial charge in [-0.25, -0.2) is 0 Å². The van der Waals surface area contributed by atoms with E-state index in [1.54, 1.807) is 14.0 Å². The number of esters is 1. The van der Waals surface area contributed by atoms with Crippen LogP contribution in [0.1, 0.15) is 13.3 Å². The van der Waals surface area contributed by atoms with Gasteiger partial charge in [-0.05, 0) is 0 Å². The van der Waals surface area contributed by atoms with Crippen molar-refractivity contribution >= 4 is 17.7 Å². The topological polar surface area (TPSA) is 94.1 Å². The highest BCUT2D eigenvalue weighted by Crippen LogP contribution is 2.21. The Hall–Kier alpha value is -1.57. The number of rotatable bonds is 4. The maximum Gasteiger partial charge on any atom is 0.339 e. The second-order valence-electron chi connectivity index (χ2n) is 3.41. The zero-order chi connectivity index (χ0) is 13.0. The summed E-state index contributed by atoms with van der Waals surface area (Å²) in [5.41, 5.74) is -1.60. The molecule has 0 saturated heterocycles. The molecule has 1 atom stereocenters. The maximum absolute atomic E-state index is 11.1. The molecule has 0 saturated carbocycles. The van der Waals surface area contributed by atoms with Crippen molar-refractivity contribution in [1.82, 2.24) is 14.8 Å². The standard InChI is InChI=1S/C9H13N3O4S/c1-5(4-6(13)16-3)17-9-10-7(14)8(15)11-12(9)2/h5H,4H2,1-3H3,(H,11,15). The van der Waals surface area contributed by atoms with Crippen LogP contribution in [0, 0.1) is 0 Å². The van der Waals surface area contributed by atoms with Gasteiger partial charge in [0.05, 0.1) is 13.5 Å². The van der Waals surface area contributed by atoms with Crippen molar-refractivity contribution in [2.75, 3.05) is 7.11 Å². The Morgan fingerprint density at radius 2 is 2.24 bits per heavy atom. The summed E-state index contributed by atoms with van der Waals surface area (Å²) in [5.74, 6) is -0.334. The van der Waals surface area contributed by atoms with E-state index in [-0.39, 0.29) is 17.6 Å². The first kappa shape index (κ1) is 13.5. The van der Waals surface area contributed by atoms with Gasteiger partial charge in [-0.1, -0.05) is 18.7 Å². The van der Waals surface area contributed by atoms with E-state index in [4.69, 9.17) is 0 Å². The number of nitrogens with one attached hydrogen (secondary N) is 1. The highest BCUT2D eigenvalue weighted by molar-refractivity contribution is 7.99. The first-order valence-electron chi connectivity index (χ1n) is 4.85. The fourth-order valence-corrected chi connectivity index (χ4v) is 2.02. The summed E-state index contributed by atoms with van der Waals surface area (Å²) >= 11 is 1.22. The van der Waals surface area contributed by atoms with Crippen molar-refractivity contribution < 1.29 is 9.53 Å². The van der Waals surface area contributed by atoms with Crippen LogP contribution in [0.3, 0.4) is 0 Å². The highest BCUT2D eigenvalue weighted by atomic mass is 32.2. The van der Waals surface area contributed by atoms with Crippen LogP contribution in [0.25, 0.3) is 0 Å². The molecule has 0 aliphatic rings. The molecule has 94 valence electrons. The minimum atomic E-state index is -0.837. The van der Waals surface area contributed by atoms with Crippen LogP contribution < -0.4 is 11.1 Å². The number of carbonyl (C=O) groups is 1. The number of carbonyl (C=O) groups excluding carboxylic acids is 1. The number of H-pyrrole nitrogens is 1. The van der Waals surface area contributed by atoms with Gasteiger partial charge in [-0.3, -0.25) is 24.2 Å². The number of methoxy groups -OCH3 is 1. The molecular formula is C9H13N3O4S. The largest absolute Gasteiger partial charge is 0.469 e. The summed E-state index contributed by atoms with van der Waals surface area (Å²) < 4.78 is 5.88. The molecule has 1 N–H and O–H groups in total. The van der Waals surface area contributed by atoms with Gasteiger partial charge in [-0.15, -0.1) is 0 Å². The summed E-state index contributed by atoms with van der Waals surface area (Å²) in [5, 5.41) is 2.58. The smallest absolute Gasteiger partial charge is 0.339 e. The maximum atomic E-state index is 11.1. The minimum absolute atomic E-state index is 0.105. The second-order valence-corrected chi connectivity index (χ2v) is 4.81. The van der Waals surface area contributed by atoms with Gasteiger partial charge in [0.1, 0.15) is 0 Å². The van der Waals surface area contributed by atoms with Crippen molar-refractivity contribution in [3.05, 3.63) is 20.7 Å². The third-order valence-corrected chi connectivity index (χ3v) is 3.08. The van der Waals surface area contributed by atoms with Crippen molar-refractivity contribution in [3.8, 4) is 0 Å². The van der Waals surface area contributed by atoms with Gasteiger partial charge < -0.3 is 4.74 Å². The average Bonchev–Trinajstić information content (AvgIpc) is 2.25. The number of aryl methyl sites for hydroxylation is 1. The highest BCUT2D eigenvalue weighted by Gasteiger charge is 2.14. The average molecular weight is 259 g/mol. The minimum Gasteiger partial charge on any atom is -0.469 e. The van der Waals surface area contributed by atoms with E-state index in [0.717, 1.165) is 0 Å². The fraction of sp³-hybridized carbons (Fsp3) is 0.556. The summed E-state index contributed by atoms with van der Waals surface area (Å²) in [6.07, 6.45) is 0.205. The van der Waals surface area contributed by atoms with E-state index in [1.807, 2.05) is 0 Å². The van der Waals surface area contributed by atoms with Crippen LogP contribution in [-0.4, -0.2) is 33.1 Å². The number of hydrogen-bond acceptors (Lipinski definition) is 6. The molecule has 0 amide bonds. The van der Waals surface area contributed by atoms with Crippen LogP contribution in [0.15, 0.2) is 14.7 Å². The van der Waals surface area contributed by atoms with Crippen molar-refractivity contribution in [2.45, 2.75) is 23.8 Å². The number of ether oxygens (including phenoxy) is 1. The lowest BCUT2D eigenvalue weighted by atomic mass is 10.3. The first-order chi connectivity index (χ1) is 7.93. The lowest BCUT2D eigenvalue weighted by molar-refractivity contribution is -0.140. The molecule has 0 fully saturated rings.